The molecule has 0 fully saturated rings. The fourth-order valence-corrected chi connectivity index (χ4v) is 2.58. The van der Waals surface area contributed by atoms with E-state index in [0.29, 0.717) is 0 Å². The molecule has 0 bridgehead atoms. The molecule has 0 spiro atoms. The Labute approximate surface area is 134 Å². The van der Waals surface area contributed by atoms with Crippen LogP contribution < -0.4 is 0 Å². The molecule has 21 heavy (non-hydrogen) atoms. The second kappa shape index (κ2) is 19.2. The molecule has 0 saturated carbocycles. The Bertz CT molecular complexity index is 247. The average Bonchev–Trinajstić information content (AvgIpc) is 2.50. The number of unbranched alkanes of at least 4 members (excludes halogenated alkanes) is 13. The summed E-state index contributed by atoms with van der Waals surface area (Å²) in [5.41, 5.74) is 0. The van der Waals surface area contributed by atoms with Crippen molar-refractivity contribution in [2.45, 2.75) is 96.8 Å². The summed E-state index contributed by atoms with van der Waals surface area (Å²) < 4.78 is 0. The summed E-state index contributed by atoms with van der Waals surface area (Å²) in [6.07, 6.45) is 29.5. The van der Waals surface area contributed by atoms with E-state index in [1.54, 1.807) is 6.08 Å². The van der Waals surface area contributed by atoms with Crippen LogP contribution in [0.2, 0.25) is 0 Å². The van der Waals surface area contributed by atoms with Crippen LogP contribution in [0.1, 0.15) is 96.8 Å². The predicted octanol–water partition coefficient (Wildman–Crippen LogP) is 7.57. The third-order valence-electron chi connectivity index (χ3n) is 3.94. The lowest BCUT2D eigenvalue weighted by Crippen LogP contribution is -1.82. The van der Waals surface area contributed by atoms with Crippen LogP contribution in [0, 0.1) is 6.58 Å². The standard InChI is InChI=1S/C21H37/c1-3-5-7-9-11-13-15-17-19-21-20-18-16-14-12-10-8-6-4-2/h1,3,5,7,9,11H,4,6,8,10,12-21H2,2H3/b3-1?,7-5+,11-9+. The largest absolute Gasteiger partial charge is 0.0845 e. The van der Waals surface area contributed by atoms with Gasteiger partial charge in [-0.2, -0.15) is 0 Å². The van der Waals surface area contributed by atoms with Gasteiger partial charge in [-0.15, -0.1) is 0 Å². The molecule has 0 aromatic heterocycles. The van der Waals surface area contributed by atoms with Crippen molar-refractivity contribution in [3.05, 3.63) is 37.0 Å². The zero-order chi connectivity index (χ0) is 15.4. The summed E-state index contributed by atoms with van der Waals surface area (Å²) in [5.74, 6) is 0. The Kier molecular flexibility index (Phi) is 18.5. The minimum atomic E-state index is 1.20. The normalized spacial score (nSPS) is 11.7. The van der Waals surface area contributed by atoms with Crippen molar-refractivity contribution >= 4 is 0 Å². The van der Waals surface area contributed by atoms with Gasteiger partial charge >= 0.3 is 0 Å². The topological polar surface area (TPSA) is 0 Å². The highest BCUT2D eigenvalue weighted by atomic mass is 14.0. The monoisotopic (exact) mass is 289 g/mol. The zero-order valence-corrected chi connectivity index (χ0v) is 14.4. The molecule has 0 N–H and O–H groups in total. The fraction of sp³-hybridized carbons (Fsp3) is 0.714. The highest BCUT2D eigenvalue weighted by Gasteiger charge is 1.93. The van der Waals surface area contributed by atoms with E-state index in [2.05, 4.69) is 19.1 Å². The molecule has 0 heteroatoms. The fourth-order valence-electron chi connectivity index (χ4n) is 2.58. The predicted molar refractivity (Wildman–Crippen MR) is 97.5 cm³/mol. The Morgan fingerprint density at radius 3 is 1.52 bits per heavy atom. The first-order valence-electron chi connectivity index (χ1n) is 9.28. The van der Waals surface area contributed by atoms with Crippen molar-refractivity contribution in [3.8, 4) is 0 Å². The summed E-state index contributed by atoms with van der Waals surface area (Å²) in [6.45, 7) is 7.53. The third kappa shape index (κ3) is 19.2. The summed E-state index contributed by atoms with van der Waals surface area (Å²) in [4.78, 5) is 0. The van der Waals surface area contributed by atoms with E-state index in [1.807, 2.05) is 12.2 Å². The van der Waals surface area contributed by atoms with E-state index in [-0.39, 0.29) is 0 Å². The SMILES string of the molecule is [CH]=C/C=C/C=C/CCCCCCCCCCCCCCC. The molecule has 0 aromatic carbocycles. The van der Waals surface area contributed by atoms with Crippen molar-refractivity contribution in [1.29, 1.82) is 0 Å². The molecule has 0 atom stereocenters. The van der Waals surface area contributed by atoms with E-state index >= 15 is 0 Å². The molecule has 0 nitrogen and oxygen atoms in total. The van der Waals surface area contributed by atoms with Gasteiger partial charge in [-0.3, -0.25) is 0 Å². The molecule has 0 aliphatic heterocycles. The maximum Gasteiger partial charge on any atom is -0.0348 e. The third-order valence-corrected chi connectivity index (χ3v) is 3.94. The van der Waals surface area contributed by atoms with Crippen molar-refractivity contribution < 1.29 is 0 Å². The first-order chi connectivity index (χ1) is 10.4. The first-order valence-corrected chi connectivity index (χ1v) is 9.28. The molecule has 0 amide bonds. The van der Waals surface area contributed by atoms with E-state index in [0.717, 1.165) is 0 Å². The molecule has 0 heterocycles. The second-order valence-electron chi connectivity index (χ2n) is 6.04. The van der Waals surface area contributed by atoms with E-state index in [1.165, 1.54) is 89.9 Å². The quantitative estimate of drug-likeness (QED) is 0.203. The molecular weight excluding hydrogens is 252 g/mol. The minimum absolute atomic E-state index is 1.20. The molecule has 0 rings (SSSR count). The Morgan fingerprint density at radius 2 is 1.05 bits per heavy atom. The lowest BCUT2D eigenvalue weighted by Gasteiger charge is -2.02. The van der Waals surface area contributed by atoms with Gasteiger partial charge in [0.2, 0.25) is 0 Å². The Morgan fingerprint density at radius 1 is 0.571 bits per heavy atom. The van der Waals surface area contributed by atoms with Gasteiger partial charge in [0.25, 0.3) is 0 Å². The molecule has 0 aliphatic carbocycles. The van der Waals surface area contributed by atoms with Crippen LogP contribution in [0.4, 0.5) is 0 Å². The molecule has 0 aliphatic rings. The zero-order valence-electron chi connectivity index (χ0n) is 14.4. The lowest BCUT2D eigenvalue weighted by atomic mass is 10.0. The van der Waals surface area contributed by atoms with E-state index in [4.69, 9.17) is 6.58 Å². The minimum Gasteiger partial charge on any atom is -0.0845 e. The first kappa shape index (κ1) is 20.2. The van der Waals surface area contributed by atoms with Gasteiger partial charge in [0.05, 0.1) is 0 Å². The number of hydrogen-bond donors (Lipinski definition) is 0. The summed E-state index contributed by atoms with van der Waals surface area (Å²) in [7, 11) is 0. The summed E-state index contributed by atoms with van der Waals surface area (Å²) >= 11 is 0. The highest BCUT2D eigenvalue weighted by molar-refractivity contribution is 5.07. The number of allylic oxidation sites excluding steroid dienone is 5. The smallest absolute Gasteiger partial charge is 0.0348 e. The number of rotatable bonds is 16. The average molecular weight is 290 g/mol. The van der Waals surface area contributed by atoms with Crippen molar-refractivity contribution in [2.24, 2.45) is 0 Å². The van der Waals surface area contributed by atoms with E-state index < -0.39 is 0 Å². The molecule has 0 saturated heterocycles. The van der Waals surface area contributed by atoms with Gasteiger partial charge in [-0.05, 0) is 12.8 Å². The van der Waals surface area contributed by atoms with Gasteiger partial charge in [-0.25, -0.2) is 0 Å². The Hall–Kier alpha value is -0.780. The van der Waals surface area contributed by atoms with Crippen LogP contribution in [-0.4, -0.2) is 0 Å². The molecule has 1 radical (unpaired) electrons. The number of hydrogen-bond acceptors (Lipinski definition) is 0. The van der Waals surface area contributed by atoms with Crippen LogP contribution in [0.25, 0.3) is 0 Å². The van der Waals surface area contributed by atoms with Crippen molar-refractivity contribution in [2.75, 3.05) is 0 Å². The lowest BCUT2D eigenvalue weighted by molar-refractivity contribution is 0.540. The molecule has 0 unspecified atom stereocenters. The second-order valence-corrected chi connectivity index (χ2v) is 6.04. The van der Waals surface area contributed by atoms with Gasteiger partial charge in [0, 0.05) is 0 Å². The van der Waals surface area contributed by atoms with Gasteiger partial charge < -0.3 is 0 Å². The Balaban J connectivity index is 3.04. The van der Waals surface area contributed by atoms with Gasteiger partial charge in [0.15, 0.2) is 0 Å². The van der Waals surface area contributed by atoms with Crippen LogP contribution in [-0.2, 0) is 0 Å². The van der Waals surface area contributed by atoms with Crippen LogP contribution in [0.3, 0.4) is 0 Å². The van der Waals surface area contributed by atoms with Crippen molar-refractivity contribution in [1.82, 2.24) is 0 Å². The summed E-state index contributed by atoms with van der Waals surface area (Å²) in [6, 6.07) is 0. The van der Waals surface area contributed by atoms with Crippen LogP contribution >= 0.6 is 0 Å². The van der Waals surface area contributed by atoms with Crippen molar-refractivity contribution in [3.63, 3.8) is 0 Å². The van der Waals surface area contributed by atoms with Gasteiger partial charge in [-0.1, -0.05) is 121 Å². The van der Waals surface area contributed by atoms with Crippen LogP contribution in [0.5, 0.6) is 0 Å². The maximum atomic E-state index is 5.25. The van der Waals surface area contributed by atoms with Gasteiger partial charge in [0.1, 0.15) is 0 Å². The maximum absolute atomic E-state index is 5.25. The van der Waals surface area contributed by atoms with Crippen LogP contribution in [0.15, 0.2) is 30.4 Å². The highest BCUT2D eigenvalue weighted by Crippen LogP contribution is 2.12. The molecule has 0 aromatic rings. The van der Waals surface area contributed by atoms with E-state index in [9.17, 15) is 0 Å². The molecular formula is C21H37. The summed E-state index contributed by atoms with van der Waals surface area (Å²) in [5, 5.41) is 0. The molecule has 121 valence electrons.